The molecule has 0 bridgehead atoms. The second-order valence-corrected chi connectivity index (χ2v) is 2.51. The second kappa shape index (κ2) is 4.67. The Hall–Kier alpha value is -1.11. The summed E-state index contributed by atoms with van der Waals surface area (Å²) in [7, 11) is 0. The van der Waals surface area contributed by atoms with Crippen LogP contribution in [0.4, 0.5) is 0 Å². The highest BCUT2D eigenvalue weighted by atomic mass is 14.7. The molecule has 0 fully saturated rings. The van der Waals surface area contributed by atoms with Crippen LogP contribution in [0, 0.1) is 0 Å². The third-order valence-electron chi connectivity index (χ3n) is 1.50. The van der Waals surface area contributed by atoms with Gasteiger partial charge in [-0.1, -0.05) is 24.3 Å². The van der Waals surface area contributed by atoms with E-state index in [-0.39, 0.29) is 0 Å². The highest BCUT2D eigenvalue weighted by molar-refractivity contribution is 5.72. The van der Waals surface area contributed by atoms with E-state index in [1.165, 1.54) is 0 Å². The lowest BCUT2D eigenvalue weighted by atomic mass is 10.2. The van der Waals surface area contributed by atoms with Crippen molar-refractivity contribution in [3.63, 3.8) is 0 Å². The first-order valence-corrected chi connectivity index (χ1v) is 3.92. The standard InChI is InChI=1S/C10H13N/c1-10-8-6-4-2-3-5-7-9-11-10/h2-3,5,7-9H,4,6H2,1H3/b3-2+,7-5+,10-8+,11-9-. The molecule has 1 nitrogen and oxygen atoms in total. The van der Waals surface area contributed by atoms with E-state index >= 15 is 0 Å². The maximum Gasteiger partial charge on any atom is 0.0332 e. The summed E-state index contributed by atoms with van der Waals surface area (Å²) in [5, 5.41) is 0. The predicted molar refractivity (Wildman–Crippen MR) is 49.8 cm³/mol. The van der Waals surface area contributed by atoms with Crippen molar-refractivity contribution < 1.29 is 0 Å². The Balaban J connectivity index is 2.64. The molecule has 1 aliphatic heterocycles. The number of aliphatic imine (C=N–C) groups is 1. The van der Waals surface area contributed by atoms with Crippen LogP contribution in [0.3, 0.4) is 0 Å². The molecule has 0 saturated heterocycles. The van der Waals surface area contributed by atoms with Crippen molar-refractivity contribution in [3.8, 4) is 0 Å². The van der Waals surface area contributed by atoms with E-state index in [2.05, 4.69) is 23.2 Å². The molecule has 0 atom stereocenters. The molecule has 0 unspecified atom stereocenters. The molecule has 0 aliphatic carbocycles. The number of hydrogen-bond donors (Lipinski definition) is 0. The van der Waals surface area contributed by atoms with Crippen LogP contribution in [0.15, 0.2) is 41.1 Å². The van der Waals surface area contributed by atoms with Gasteiger partial charge in [0.15, 0.2) is 0 Å². The second-order valence-electron chi connectivity index (χ2n) is 2.51. The summed E-state index contributed by atoms with van der Waals surface area (Å²) >= 11 is 0. The van der Waals surface area contributed by atoms with Gasteiger partial charge in [-0.3, -0.25) is 4.99 Å². The van der Waals surface area contributed by atoms with E-state index in [4.69, 9.17) is 0 Å². The number of hydrogen-bond acceptors (Lipinski definition) is 1. The Morgan fingerprint density at radius 2 is 2.09 bits per heavy atom. The fourth-order valence-electron chi connectivity index (χ4n) is 0.890. The molecule has 0 N–H and O–H groups in total. The zero-order valence-corrected chi connectivity index (χ0v) is 6.83. The number of nitrogens with zero attached hydrogens (tertiary/aromatic N) is 1. The summed E-state index contributed by atoms with van der Waals surface area (Å²) < 4.78 is 0. The van der Waals surface area contributed by atoms with E-state index in [9.17, 15) is 0 Å². The fraction of sp³-hybridized carbons (Fsp3) is 0.300. The minimum atomic E-state index is 1.09. The lowest BCUT2D eigenvalue weighted by molar-refractivity contribution is 1.03. The van der Waals surface area contributed by atoms with E-state index in [0.29, 0.717) is 0 Å². The molecule has 58 valence electrons. The monoisotopic (exact) mass is 147 g/mol. The van der Waals surface area contributed by atoms with Crippen LogP contribution in [0.5, 0.6) is 0 Å². The average Bonchev–Trinajstić information content (AvgIpc) is 2.03. The Labute approximate surface area is 67.8 Å². The topological polar surface area (TPSA) is 12.4 Å². The van der Waals surface area contributed by atoms with Crippen molar-refractivity contribution in [2.45, 2.75) is 19.8 Å². The quantitative estimate of drug-likeness (QED) is 0.499. The lowest BCUT2D eigenvalue weighted by Crippen LogP contribution is -1.74. The van der Waals surface area contributed by atoms with Gasteiger partial charge in [0.05, 0.1) is 0 Å². The van der Waals surface area contributed by atoms with E-state index < -0.39 is 0 Å². The van der Waals surface area contributed by atoms with Crippen LogP contribution in [0.2, 0.25) is 0 Å². The highest BCUT2D eigenvalue weighted by Crippen LogP contribution is 2.01. The van der Waals surface area contributed by atoms with Crippen LogP contribution in [0.1, 0.15) is 19.8 Å². The average molecular weight is 147 g/mol. The van der Waals surface area contributed by atoms with Crippen LogP contribution in [0.25, 0.3) is 0 Å². The van der Waals surface area contributed by atoms with Crippen LogP contribution in [-0.2, 0) is 0 Å². The zero-order chi connectivity index (χ0) is 7.94. The van der Waals surface area contributed by atoms with Gasteiger partial charge in [-0.15, -0.1) is 0 Å². The summed E-state index contributed by atoms with van der Waals surface area (Å²) in [6, 6.07) is 0. The first-order chi connectivity index (χ1) is 5.39. The van der Waals surface area contributed by atoms with Crippen molar-refractivity contribution in [3.05, 3.63) is 36.1 Å². The summed E-state index contributed by atoms with van der Waals surface area (Å²) in [5.41, 5.74) is 1.10. The van der Waals surface area contributed by atoms with Crippen molar-refractivity contribution in [1.29, 1.82) is 0 Å². The van der Waals surface area contributed by atoms with Crippen molar-refractivity contribution in [2.75, 3.05) is 0 Å². The van der Waals surface area contributed by atoms with Crippen molar-refractivity contribution >= 4 is 6.21 Å². The van der Waals surface area contributed by atoms with Crippen LogP contribution in [-0.4, -0.2) is 6.21 Å². The van der Waals surface area contributed by atoms with Gasteiger partial charge in [-0.2, -0.15) is 0 Å². The maximum atomic E-state index is 4.20. The normalized spacial score (nSPS) is 31.5. The first kappa shape index (κ1) is 7.99. The first-order valence-electron chi connectivity index (χ1n) is 3.92. The smallest absolute Gasteiger partial charge is 0.0332 e. The van der Waals surface area contributed by atoms with Crippen molar-refractivity contribution in [1.82, 2.24) is 0 Å². The SMILES string of the molecule is CC1=C\CC/C=C/C=C/C=N\1. The summed E-state index contributed by atoms with van der Waals surface area (Å²) in [6.45, 7) is 2.02. The Morgan fingerprint density at radius 1 is 1.18 bits per heavy atom. The van der Waals surface area contributed by atoms with Gasteiger partial charge in [-0.05, 0) is 25.8 Å². The predicted octanol–water partition coefficient (Wildman–Crippen LogP) is 2.87. The van der Waals surface area contributed by atoms with Gasteiger partial charge in [0.25, 0.3) is 0 Å². The van der Waals surface area contributed by atoms with Gasteiger partial charge in [0.1, 0.15) is 0 Å². The molecule has 0 radical (unpaired) electrons. The highest BCUT2D eigenvalue weighted by Gasteiger charge is 1.82. The molecule has 11 heavy (non-hydrogen) atoms. The van der Waals surface area contributed by atoms with E-state index in [1.54, 1.807) is 0 Å². The van der Waals surface area contributed by atoms with Gasteiger partial charge in [-0.25, -0.2) is 0 Å². The number of rotatable bonds is 0. The van der Waals surface area contributed by atoms with Gasteiger partial charge < -0.3 is 0 Å². The fourth-order valence-corrected chi connectivity index (χ4v) is 0.890. The van der Waals surface area contributed by atoms with Gasteiger partial charge in [0.2, 0.25) is 0 Å². The third kappa shape index (κ3) is 3.56. The minimum Gasteiger partial charge on any atom is -0.262 e. The van der Waals surface area contributed by atoms with Crippen LogP contribution < -0.4 is 0 Å². The Kier molecular flexibility index (Phi) is 3.39. The summed E-state index contributed by atoms with van der Waals surface area (Å²) in [6.07, 6.45) is 14.3. The Morgan fingerprint density at radius 3 is 3.00 bits per heavy atom. The molecule has 1 rings (SSSR count). The van der Waals surface area contributed by atoms with Crippen molar-refractivity contribution in [2.24, 2.45) is 4.99 Å². The van der Waals surface area contributed by atoms with Gasteiger partial charge in [0, 0.05) is 11.9 Å². The molecule has 0 aromatic heterocycles. The molecule has 1 aliphatic rings. The summed E-state index contributed by atoms with van der Waals surface area (Å²) in [4.78, 5) is 4.20. The largest absolute Gasteiger partial charge is 0.262 e. The molecular formula is C10H13N. The van der Waals surface area contributed by atoms with E-state index in [1.807, 2.05) is 25.3 Å². The maximum absolute atomic E-state index is 4.20. The summed E-state index contributed by atoms with van der Waals surface area (Å²) in [5.74, 6) is 0. The van der Waals surface area contributed by atoms with Gasteiger partial charge >= 0.3 is 0 Å². The minimum absolute atomic E-state index is 1.09. The molecule has 0 amide bonds. The molecule has 0 aromatic carbocycles. The molecule has 0 spiro atoms. The lowest BCUT2D eigenvalue weighted by Gasteiger charge is -1.92. The molecule has 1 heterocycles. The zero-order valence-electron chi connectivity index (χ0n) is 6.83. The number of allylic oxidation sites excluding steroid dienone is 6. The third-order valence-corrected chi connectivity index (χ3v) is 1.50. The van der Waals surface area contributed by atoms with E-state index in [0.717, 1.165) is 18.5 Å². The molecule has 0 saturated carbocycles. The molecular weight excluding hydrogens is 134 g/mol. The molecule has 0 aromatic rings. The molecule has 1 heteroatoms. The Bertz CT molecular complexity index is 219. The van der Waals surface area contributed by atoms with Crippen LogP contribution >= 0.6 is 0 Å².